The van der Waals surface area contributed by atoms with Gasteiger partial charge >= 0.3 is 29.6 Å². The molecule has 0 heterocycles. The zero-order valence-electron chi connectivity index (χ0n) is 9.65. The summed E-state index contributed by atoms with van der Waals surface area (Å²) < 4.78 is 0. The van der Waals surface area contributed by atoms with Gasteiger partial charge in [-0.2, -0.15) is 0 Å². The predicted molar refractivity (Wildman–Crippen MR) is 60.1 cm³/mol. The molecule has 0 fully saturated rings. The van der Waals surface area contributed by atoms with Gasteiger partial charge in [0.05, 0.1) is 0 Å². The number of primary amides is 1. The molecule has 2 amide bonds. The first-order valence-electron chi connectivity index (χ1n) is 3.66. The van der Waals surface area contributed by atoms with E-state index >= 15 is 0 Å². The fourth-order valence-corrected chi connectivity index (χ4v) is 0.658. The number of hydrazine groups is 1. The van der Waals surface area contributed by atoms with Crippen LogP contribution < -0.4 is 40.7 Å². The van der Waals surface area contributed by atoms with Crippen molar-refractivity contribution in [1.29, 1.82) is 0 Å². The van der Waals surface area contributed by atoms with E-state index in [-0.39, 0.29) is 36.2 Å². The summed E-state index contributed by atoms with van der Waals surface area (Å²) in [5.74, 6) is 0. The molecule has 5 nitrogen and oxygen atoms in total. The molecule has 0 saturated carbocycles. The number of hydrogen-bond donors (Lipinski definition) is 4. The van der Waals surface area contributed by atoms with E-state index in [4.69, 9.17) is 4.79 Å². The van der Waals surface area contributed by atoms with Gasteiger partial charge in [-0.3, -0.25) is 15.0 Å². The summed E-state index contributed by atoms with van der Waals surface area (Å²) in [4.78, 5) is 19.4. The monoisotopic (exact) mass is 249 g/mol. The average molecular weight is 249 g/mol. The molecule has 0 aliphatic heterocycles. The van der Waals surface area contributed by atoms with Crippen molar-refractivity contribution in [2.24, 2.45) is 5.73 Å². The molecule has 14 heavy (non-hydrogen) atoms. The second-order valence-corrected chi connectivity index (χ2v) is 2.77. The van der Waals surface area contributed by atoms with Crippen LogP contribution in [-0.4, -0.2) is 28.6 Å². The van der Waals surface area contributed by atoms with Crippen LogP contribution in [0.2, 0.25) is 0 Å². The van der Waals surface area contributed by atoms with Gasteiger partial charge in [0.15, 0.2) is 0 Å². The van der Waals surface area contributed by atoms with Gasteiger partial charge in [-0.25, -0.2) is 5.01 Å². The Kier molecular flexibility index (Phi) is 19.5. The predicted octanol–water partition coefficient (Wildman–Crippen LogP) is -2.01. The SMILES string of the molecule is CCN(CC)NC(=O)S.NC(=O)S.[H-].[Na+]. The number of nitrogens with zero attached hydrogens (tertiary/aromatic N) is 1. The number of hydrogen-bond acceptors (Lipinski definition) is 3. The Bertz CT molecular complexity index is 168. The van der Waals surface area contributed by atoms with E-state index in [9.17, 15) is 4.79 Å². The normalized spacial score (nSPS) is 8.07. The van der Waals surface area contributed by atoms with E-state index in [1.54, 1.807) is 5.01 Å². The van der Waals surface area contributed by atoms with Crippen molar-refractivity contribution in [3.05, 3.63) is 0 Å². The van der Waals surface area contributed by atoms with Crippen molar-refractivity contribution in [3.63, 3.8) is 0 Å². The molecule has 3 N–H and O–H groups in total. The zero-order valence-corrected chi connectivity index (χ0v) is 12.4. The Morgan fingerprint density at radius 3 is 1.71 bits per heavy atom. The molecule has 0 aromatic carbocycles. The van der Waals surface area contributed by atoms with E-state index in [2.05, 4.69) is 36.4 Å². The molecule has 0 aromatic heterocycles. The van der Waals surface area contributed by atoms with Gasteiger partial charge in [0.25, 0.3) is 10.5 Å². The van der Waals surface area contributed by atoms with Crippen LogP contribution in [0.1, 0.15) is 15.3 Å². The molecule has 0 spiro atoms. The van der Waals surface area contributed by atoms with Gasteiger partial charge in [0.1, 0.15) is 0 Å². The van der Waals surface area contributed by atoms with E-state index in [0.717, 1.165) is 13.1 Å². The molecule has 0 radical (unpaired) electrons. The van der Waals surface area contributed by atoms with Crippen LogP contribution in [-0.2, 0) is 0 Å². The first-order chi connectivity index (χ1) is 5.93. The number of nitrogens with one attached hydrogen (secondary N) is 1. The fraction of sp³-hybridized carbons (Fsp3) is 0.667. The molecule has 0 aromatic rings. The Balaban J connectivity index is -0.0000000883. The van der Waals surface area contributed by atoms with E-state index in [1.165, 1.54) is 0 Å². The first kappa shape index (κ1) is 20.1. The van der Waals surface area contributed by atoms with Crippen molar-refractivity contribution in [1.82, 2.24) is 10.4 Å². The van der Waals surface area contributed by atoms with Gasteiger partial charge in [-0.05, 0) is 0 Å². The average Bonchev–Trinajstić information content (AvgIpc) is 1.98. The van der Waals surface area contributed by atoms with Crippen LogP contribution in [0.15, 0.2) is 0 Å². The number of carbonyl (C=O) groups is 2. The number of amides is 2. The van der Waals surface area contributed by atoms with Gasteiger partial charge in [-0.15, -0.1) is 0 Å². The summed E-state index contributed by atoms with van der Waals surface area (Å²) in [6, 6.07) is 0. The standard InChI is InChI=1S/C5H12N2OS.CH3NOS.Na.H/c1-3-7(4-2)6-5(8)9;2-1(3)4;;/h3-4H2,1-2H3,(H2,6,8,9);(H3,2,3,4);;/q;;+1;-1. The largest absolute Gasteiger partial charge is 1.00 e. The topological polar surface area (TPSA) is 75.4 Å². The van der Waals surface area contributed by atoms with Gasteiger partial charge in [-0.1, -0.05) is 39.1 Å². The molecular weight excluding hydrogens is 233 g/mol. The summed E-state index contributed by atoms with van der Waals surface area (Å²) >= 11 is 6.66. The van der Waals surface area contributed by atoms with Gasteiger partial charge < -0.3 is 7.16 Å². The molecular formula is C6H16N3NaO2S2. The molecule has 0 atom stereocenters. The second-order valence-electron chi connectivity index (χ2n) is 1.93. The summed E-state index contributed by atoms with van der Waals surface area (Å²) in [6.45, 7) is 5.55. The number of rotatable bonds is 3. The Morgan fingerprint density at radius 1 is 1.36 bits per heavy atom. The molecule has 80 valence electrons. The minimum atomic E-state index is -0.639. The van der Waals surface area contributed by atoms with Crippen LogP contribution in [0, 0.1) is 0 Å². The van der Waals surface area contributed by atoms with Gasteiger partial charge in [0, 0.05) is 13.1 Å². The van der Waals surface area contributed by atoms with Crippen molar-refractivity contribution in [3.8, 4) is 0 Å². The molecule has 0 rings (SSSR count). The maximum atomic E-state index is 10.3. The maximum Gasteiger partial charge on any atom is 1.00 e. The fourth-order valence-electron chi connectivity index (χ4n) is 0.517. The summed E-state index contributed by atoms with van der Waals surface area (Å²) in [5.41, 5.74) is 6.87. The van der Waals surface area contributed by atoms with E-state index in [0.29, 0.717) is 0 Å². The van der Waals surface area contributed by atoms with E-state index < -0.39 is 5.24 Å². The maximum absolute atomic E-state index is 10.3. The zero-order chi connectivity index (χ0) is 10.9. The van der Waals surface area contributed by atoms with Crippen molar-refractivity contribution in [2.75, 3.05) is 13.1 Å². The Hall–Kier alpha value is 0.600. The molecule has 0 aliphatic rings. The Morgan fingerprint density at radius 2 is 1.64 bits per heavy atom. The van der Waals surface area contributed by atoms with Crippen molar-refractivity contribution in [2.45, 2.75) is 13.8 Å². The second kappa shape index (κ2) is 13.6. The Labute approximate surface area is 119 Å². The molecule has 0 unspecified atom stereocenters. The number of nitrogens with two attached hydrogens (primary N) is 1. The smallest absolute Gasteiger partial charge is 1.00 e. The van der Waals surface area contributed by atoms with Crippen LogP contribution in [0.3, 0.4) is 0 Å². The number of thiol groups is 2. The summed E-state index contributed by atoms with van der Waals surface area (Å²) in [5, 5.41) is 0.828. The third-order valence-corrected chi connectivity index (χ3v) is 1.12. The van der Waals surface area contributed by atoms with Gasteiger partial charge in [0.2, 0.25) is 0 Å². The van der Waals surface area contributed by atoms with Crippen LogP contribution in [0.5, 0.6) is 0 Å². The summed E-state index contributed by atoms with van der Waals surface area (Å²) in [7, 11) is 0. The number of carbonyl (C=O) groups excluding carboxylic acids is 2. The van der Waals surface area contributed by atoms with Crippen molar-refractivity contribution < 1.29 is 40.6 Å². The van der Waals surface area contributed by atoms with Crippen LogP contribution >= 0.6 is 25.3 Å². The minimum absolute atomic E-state index is 0. The quantitative estimate of drug-likeness (QED) is 0.265. The third kappa shape index (κ3) is 22.9. The minimum Gasteiger partial charge on any atom is -1.00 e. The van der Waals surface area contributed by atoms with Crippen LogP contribution in [0.25, 0.3) is 0 Å². The molecule has 0 aliphatic carbocycles. The summed E-state index contributed by atoms with van der Waals surface area (Å²) in [6.07, 6.45) is 0. The van der Waals surface area contributed by atoms with Crippen LogP contribution in [0.4, 0.5) is 9.59 Å². The molecule has 8 heteroatoms. The molecule has 0 saturated heterocycles. The van der Waals surface area contributed by atoms with Crippen molar-refractivity contribution >= 4 is 35.7 Å². The third-order valence-electron chi connectivity index (χ3n) is 1.02. The first-order valence-corrected chi connectivity index (χ1v) is 4.56. The molecule has 0 bridgehead atoms. The van der Waals surface area contributed by atoms with E-state index in [1.807, 2.05) is 13.8 Å².